The van der Waals surface area contributed by atoms with E-state index in [0.29, 0.717) is 0 Å². The summed E-state index contributed by atoms with van der Waals surface area (Å²) in [6, 6.07) is 40.8. The first-order chi connectivity index (χ1) is 15.6. The van der Waals surface area contributed by atoms with E-state index in [2.05, 4.69) is 127 Å². The van der Waals surface area contributed by atoms with Crippen molar-refractivity contribution in [3.05, 3.63) is 132 Å². The monoisotopic (exact) mass is 585 g/mol. The van der Waals surface area contributed by atoms with Gasteiger partial charge in [-0.25, -0.2) is 0 Å². The van der Waals surface area contributed by atoms with Crippen LogP contribution < -0.4 is 15.9 Å². The van der Waals surface area contributed by atoms with Gasteiger partial charge in [-0.3, -0.25) is 0 Å². The van der Waals surface area contributed by atoms with Gasteiger partial charge in [0.2, 0.25) is 0 Å². The molecule has 1 aliphatic carbocycles. The molecule has 0 aromatic heterocycles. The van der Waals surface area contributed by atoms with Gasteiger partial charge < -0.3 is 0 Å². The van der Waals surface area contributed by atoms with Gasteiger partial charge in [0, 0.05) is 0 Å². The topological polar surface area (TPSA) is 0 Å². The molecular formula is C27H23Cl3PRu. The number of halogens is 3. The quantitative estimate of drug-likeness (QED) is 0.170. The van der Waals surface area contributed by atoms with E-state index in [1.165, 1.54) is 27.0 Å². The number of benzene rings is 4. The van der Waals surface area contributed by atoms with Crippen LogP contribution in [-0.4, -0.2) is 0 Å². The van der Waals surface area contributed by atoms with Gasteiger partial charge in [0.05, 0.1) is 0 Å². The zero-order valence-corrected chi connectivity index (χ0v) is 22.2. The maximum Gasteiger partial charge on any atom is -0.0134 e. The van der Waals surface area contributed by atoms with Crippen molar-refractivity contribution in [1.29, 1.82) is 0 Å². The molecule has 5 heteroatoms. The average molecular weight is 586 g/mol. The standard InChI is InChI=1S/C18H15P.C9H8.3ClH.Ru/c1-4-10-16(11-5-1)19(17-12-6-2-7-13-17)18-14-8-3-9-15-18;1-2-5-9-7-3-6-8(9)4-1;;;;/h1-15H;1-6H,7H2;3*1H;/q;;;;;+3/p-3. The third-order valence-corrected chi connectivity index (χ3v) is 7.18. The van der Waals surface area contributed by atoms with E-state index in [1.807, 2.05) is 0 Å². The summed E-state index contributed by atoms with van der Waals surface area (Å²) in [7, 11) is 14.4. The molecule has 32 heavy (non-hydrogen) atoms. The van der Waals surface area contributed by atoms with Crippen LogP contribution in [0.15, 0.2) is 121 Å². The molecule has 0 N–H and O–H groups in total. The first-order valence-corrected chi connectivity index (χ1v) is 18.1. The molecule has 0 amide bonds. The summed E-state index contributed by atoms with van der Waals surface area (Å²) in [6.07, 6.45) is 5.50. The average Bonchev–Trinajstić information content (AvgIpc) is 3.31. The van der Waals surface area contributed by atoms with Crippen molar-refractivity contribution in [3.63, 3.8) is 0 Å². The molecule has 0 saturated heterocycles. The Morgan fingerprint density at radius 3 is 1.31 bits per heavy atom. The second-order valence-corrected chi connectivity index (χ2v) is 16.9. The Labute approximate surface area is 209 Å². The summed E-state index contributed by atoms with van der Waals surface area (Å²) in [4.78, 5) is 0. The van der Waals surface area contributed by atoms with Crippen LogP contribution in [0.3, 0.4) is 0 Å². The molecule has 0 nitrogen and oxygen atoms in total. The fourth-order valence-corrected chi connectivity index (χ4v) is 5.68. The summed E-state index contributed by atoms with van der Waals surface area (Å²) in [6.45, 7) is 0. The zero-order valence-electron chi connectivity index (χ0n) is 17.3. The molecule has 4 aromatic carbocycles. The van der Waals surface area contributed by atoms with E-state index in [9.17, 15) is 0 Å². The van der Waals surface area contributed by atoms with Crippen LogP contribution in [0.5, 0.6) is 0 Å². The van der Waals surface area contributed by atoms with Crippen molar-refractivity contribution in [1.82, 2.24) is 0 Å². The maximum atomic E-state index is 4.95. The van der Waals surface area contributed by atoms with Gasteiger partial charge in [-0.15, -0.1) is 0 Å². The largest absolute Gasteiger partial charge is 0.0622 e. The molecule has 0 spiro atoms. The van der Waals surface area contributed by atoms with E-state index in [-0.39, 0.29) is 0 Å². The smallest absolute Gasteiger partial charge is 0.0134 e. The van der Waals surface area contributed by atoms with Crippen LogP contribution >= 0.6 is 37.0 Å². The van der Waals surface area contributed by atoms with Gasteiger partial charge in [-0.05, 0) is 41.4 Å². The molecule has 5 rings (SSSR count). The summed E-state index contributed by atoms with van der Waals surface area (Å²) in [5.74, 6) is 0. The number of allylic oxidation sites excluding steroid dienone is 1. The Hall–Kier alpha value is -1.46. The van der Waals surface area contributed by atoms with E-state index in [0.717, 1.165) is 6.42 Å². The minimum Gasteiger partial charge on any atom is -0.0622 e. The third-order valence-electron chi connectivity index (χ3n) is 4.73. The van der Waals surface area contributed by atoms with Crippen molar-refractivity contribution >= 4 is 59.0 Å². The second-order valence-electron chi connectivity index (χ2n) is 6.80. The van der Waals surface area contributed by atoms with Crippen molar-refractivity contribution < 1.29 is 13.0 Å². The Bertz CT molecular complexity index is 991. The van der Waals surface area contributed by atoms with Crippen LogP contribution in [0.4, 0.5) is 0 Å². The molecule has 0 aliphatic heterocycles. The molecule has 0 fully saturated rings. The van der Waals surface area contributed by atoms with E-state index >= 15 is 0 Å². The Balaban J connectivity index is 0.000000183. The number of fused-ring (bicyclic) bond motifs is 1. The molecular weight excluding hydrogens is 563 g/mol. The Kier molecular flexibility index (Phi) is 11.0. The van der Waals surface area contributed by atoms with Gasteiger partial charge >= 0.3 is 42.1 Å². The SMILES string of the molecule is C1=Cc2ccccc2C1.[Cl][Ru]([Cl])[Cl].c1ccc(P(c2ccccc2)c2ccccc2)cc1. The minimum atomic E-state index is -1.75. The van der Waals surface area contributed by atoms with Gasteiger partial charge in [0.1, 0.15) is 0 Å². The van der Waals surface area contributed by atoms with Crippen LogP contribution in [0.25, 0.3) is 6.08 Å². The molecule has 0 heterocycles. The molecule has 0 radical (unpaired) electrons. The maximum absolute atomic E-state index is 4.95. The van der Waals surface area contributed by atoms with Gasteiger partial charge in [-0.2, -0.15) is 0 Å². The first kappa shape index (κ1) is 25.2. The number of hydrogen-bond donors (Lipinski definition) is 0. The van der Waals surface area contributed by atoms with E-state index in [1.54, 1.807) is 0 Å². The Morgan fingerprint density at radius 1 is 0.531 bits per heavy atom. The summed E-state index contributed by atoms with van der Waals surface area (Å²) >= 11 is -1.75. The molecule has 4 aromatic rings. The number of rotatable bonds is 3. The normalized spacial score (nSPS) is 11.6. The van der Waals surface area contributed by atoms with Gasteiger partial charge in [0.25, 0.3) is 0 Å². The summed E-state index contributed by atoms with van der Waals surface area (Å²) in [5, 5.41) is 4.19. The molecule has 1 aliphatic rings. The first-order valence-electron chi connectivity index (χ1n) is 10.0. The fraction of sp³-hybridized carbons (Fsp3) is 0.0370. The van der Waals surface area contributed by atoms with Crippen molar-refractivity contribution in [2.45, 2.75) is 6.42 Å². The fourth-order valence-electron chi connectivity index (χ4n) is 3.37. The second kappa shape index (κ2) is 13.9. The van der Waals surface area contributed by atoms with Crippen LogP contribution in [-0.2, 0) is 19.4 Å². The molecule has 0 unspecified atom stereocenters. The molecule has 0 bridgehead atoms. The summed E-state index contributed by atoms with van der Waals surface area (Å²) < 4.78 is 0. The van der Waals surface area contributed by atoms with E-state index in [4.69, 9.17) is 29.1 Å². The minimum absolute atomic E-state index is 0.446. The van der Waals surface area contributed by atoms with E-state index < -0.39 is 20.9 Å². The predicted molar refractivity (Wildman–Crippen MR) is 142 cm³/mol. The molecule has 0 saturated carbocycles. The molecule has 165 valence electrons. The van der Waals surface area contributed by atoms with Crippen LogP contribution in [0, 0.1) is 0 Å². The van der Waals surface area contributed by atoms with Crippen molar-refractivity contribution in [2.75, 3.05) is 0 Å². The third kappa shape index (κ3) is 8.15. The predicted octanol–water partition coefficient (Wildman–Crippen LogP) is 7.77. The molecule has 0 atom stereocenters. The summed E-state index contributed by atoms with van der Waals surface area (Å²) in [5.41, 5.74) is 2.84. The zero-order chi connectivity index (χ0) is 22.6. The van der Waals surface area contributed by atoms with Gasteiger partial charge in [0.15, 0.2) is 0 Å². The van der Waals surface area contributed by atoms with Crippen LogP contribution in [0.2, 0.25) is 0 Å². The van der Waals surface area contributed by atoms with Crippen LogP contribution in [0.1, 0.15) is 11.1 Å². The van der Waals surface area contributed by atoms with Gasteiger partial charge in [-0.1, -0.05) is 127 Å². The number of hydrogen-bond acceptors (Lipinski definition) is 0. The van der Waals surface area contributed by atoms with Crippen molar-refractivity contribution in [2.24, 2.45) is 0 Å². The Morgan fingerprint density at radius 2 is 0.906 bits per heavy atom. The van der Waals surface area contributed by atoms with Crippen molar-refractivity contribution in [3.8, 4) is 0 Å².